The lowest BCUT2D eigenvalue weighted by atomic mass is 10.0. The van der Waals surface area contributed by atoms with Gasteiger partial charge in [-0.1, -0.05) is 23.2 Å². The first-order valence-corrected chi connectivity index (χ1v) is 7.96. The van der Waals surface area contributed by atoms with Crippen molar-refractivity contribution < 1.29 is 9.53 Å². The zero-order chi connectivity index (χ0) is 15.5. The van der Waals surface area contributed by atoms with E-state index in [0.29, 0.717) is 36.2 Å². The van der Waals surface area contributed by atoms with Crippen LogP contribution in [0.3, 0.4) is 0 Å². The van der Waals surface area contributed by atoms with E-state index in [9.17, 15) is 4.79 Å². The second-order valence-corrected chi connectivity index (χ2v) is 6.30. The Hall–Kier alpha value is -0.600. The summed E-state index contributed by atoms with van der Waals surface area (Å²) < 4.78 is 5.30. The fourth-order valence-electron chi connectivity index (χ4n) is 2.65. The molecule has 23 heavy (non-hydrogen) atoms. The summed E-state index contributed by atoms with van der Waals surface area (Å²) in [7, 11) is 0. The largest absolute Gasteiger partial charge is 0.378 e. The summed E-state index contributed by atoms with van der Waals surface area (Å²) in [6, 6.07) is 5.18. The van der Waals surface area contributed by atoms with E-state index in [1.54, 1.807) is 6.07 Å². The highest BCUT2D eigenvalue weighted by molar-refractivity contribution is 6.34. The first-order chi connectivity index (χ1) is 10.6. The molecule has 128 valence electrons. The summed E-state index contributed by atoms with van der Waals surface area (Å²) in [5.74, 6) is -0.0659. The Kier molecular flexibility index (Phi) is 6.91. The van der Waals surface area contributed by atoms with Crippen molar-refractivity contribution in [2.75, 3.05) is 19.8 Å². The summed E-state index contributed by atoms with van der Waals surface area (Å²) in [6.07, 6.45) is 0.551. The van der Waals surface area contributed by atoms with Crippen molar-refractivity contribution in [1.82, 2.24) is 21.5 Å². The maximum Gasteiger partial charge on any atom is 0.240 e. The topological polar surface area (TPSA) is 74.4 Å². The highest BCUT2D eigenvalue weighted by atomic mass is 35.5. The molecular weight excluding hydrogens is 363 g/mol. The van der Waals surface area contributed by atoms with Crippen molar-refractivity contribution in [2.45, 2.75) is 24.7 Å². The molecule has 0 saturated carbocycles. The summed E-state index contributed by atoms with van der Waals surface area (Å²) >= 11 is 12.1. The van der Waals surface area contributed by atoms with E-state index in [1.165, 1.54) is 0 Å². The molecule has 2 aliphatic heterocycles. The van der Waals surface area contributed by atoms with Gasteiger partial charge >= 0.3 is 0 Å². The van der Waals surface area contributed by atoms with Gasteiger partial charge in [-0.15, -0.1) is 12.4 Å². The van der Waals surface area contributed by atoms with Crippen LogP contribution in [0.15, 0.2) is 18.2 Å². The maximum atomic E-state index is 12.1. The Balaban J connectivity index is 0.00000192. The van der Waals surface area contributed by atoms with Gasteiger partial charge in [0, 0.05) is 29.1 Å². The number of halogens is 3. The van der Waals surface area contributed by atoms with E-state index in [2.05, 4.69) is 21.5 Å². The molecule has 2 fully saturated rings. The summed E-state index contributed by atoms with van der Waals surface area (Å²) in [4.78, 5) is 12.1. The molecule has 2 heterocycles. The highest BCUT2D eigenvalue weighted by Crippen LogP contribution is 2.27. The van der Waals surface area contributed by atoms with Gasteiger partial charge in [0.25, 0.3) is 0 Å². The molecule has 1 aromatic rings. The average molecular weight is 382 g/mol. The quantitative estimate of drug-likeness (QED) is 0.637. The number of morpholine rings is 1. The lowest BCUT2D eigenvalue weighted by Gasteiger charge is -2.24. The van der Waals surface area contributed by atoms with Gasteiger partial charge in [-0.05, 0) is 23.8 Å². The van der Waals surface area contributed by atoms with Crippen LogP contribution < -0.4 is 21.5 Å². The molecule has 1 amide bonds. The van der Waals surface area contributed by atoms with Crippen LogP contribution in [0.4, 0.5) is 0 Å². The smallest absolute Gasteiger partial charge is 0.240 e. The Morgan fingerprint density at radius 3 is 2.61 bits per heavy atom. The van der Waals surface area contributed by atoms with Gasteiger partial charge in [0.2, 0.25) is 5.91 Å². The second kappa shape index (κ2) is 8.48. The van der Waals surface area contributed by atoms with E-state index in [0.717, 1.165) is 5.56 Å². The number of rotatable bonds is 3. The van der Waals surface area contributed by atoms with Crippen molar-refractivity contribution >= 4 is 41.5 Å². The van der Waals surface area contributed by atoms with Crippen LogP contribution in [0.2, 0.25) is 10.0 Å². The van der Waals surface area contributed by atoms with Crippen molar-refractivity contribution in [1.29, 1.82) is 0 Å². The van der Waals surface area contributed by atoms with Crippen molar-refractivity contribution in [3.8, 4) is 0 Å². The van der Waals surface area contributed by atoms with E-state index in [4.69, 9.17) is 27.9 Å². The monoisotopic (exact) mass is 380 g/mol. The Bertz CT molecular complexity index is 535. The molecule has 0 spiro atoms. The second-order valence-electron chi connectivity index (χ2n) is 5.42. The number of carbonyl (C=O) groups excluding carboxylic acids is 1. The van der Waals surface area contributed by atoms with Gasteiger partial charge in [0.15, 0.2) is 0 Å². The zero-order valence-electron chi connectivity index (χ0n) is 12.3. The molecule has 1 aromatic carbocycles. The molecule has 4 N–H and O–H groups in total. The summed E-state index contributed by atoms with van der Waals surface area (Å²) in [6.45, 7) is 1.74. The first-order valence-electron chi connectivity index (χ1n) is 7.20. The molecule has 0 radical (unpaired) electrons. The third-order valence-corrected chi connectivity index (χ3v) is 4.18. The highest BCUT2D eigenvalue weighted by Gasteiger charge is 2.29. The molecule has 3 rings (SSSR count). The number of carbonyl (C=O) groups is 1. The van der Waals surface area contributed by atoms with Gasteiger partial charge in [-0.25, -0.2) is 10.9 Å². The standard InChI is InChI=1S/C14H18Cl2N4O2.ClH/c15-9-3-8(4-10(16)5-9)11-6-13(20-19-11)18-14(21)12-7-22-2-1-17-12;/h3-5,11-13,17,19-20H,1-2,6-7H2,(H,18,21);1H. The summed E-state index contributed by atoms with van der Waals surface area (Å²) in [5.41, 5.74) is 7.22. The van der Waals surface area contributed by atoms with E-state index in [1.807, 2.05) is 12.1 Å². The number of hydrogen-bond donors (Lipinski definition) is 4. The zero-order valence-corrected chi connectivity index (χ0v) is 14.6. The van der Waals surface area contributed by atoms with Crippen LogP contribution in [-0.4, -0.2) is 37.9 Å². The molecule has 2 saturated heterocycles. The number of amides is 1. The normalized spacial score (nSPS) is 27.3. The van der Waals surface area contributed by atoms with Gasteiger partial charge in [-0.2, -0.15) is 0 Å². The molecule has 3 unspecified atom stereocenters. The number of hydrogen-bond acceptors (Lipinski definition) is 5. The minimum atomic E-state index is -0.296. The van der Waals surface area contributed by atoms with Gasteiger partial charge in [0.1, 0.15) is 6.04 Å². The molecule has 9 heteroatoms. The first kappa shape index (κ1) is 18.7. The van der Waals surface area contributed by atoms with Crippen molar-refractivity contribution in [2.24, 2.45) is 0 Å². The molecule has 0 aliphatic carbocycles. The van der Waals surface area contributed by atoms with Crippen LogP contribution in [0.1, 0.15) is 18.0 Å². The number of nitrogens with one attached hydrogen (secondary N) is 4. The van der Waals surface area contributed by atoms with E-state index >= 15 is 0 Å². The Morgan fingerprint density at radius 2 is 1.96 bits per heavy atom. The Morgan fingerprint density at radius 1 is 1.22 bits per heavy atom. The fraction of sp³-hybridized carbons (Fsp3) is 0.500. The van der Waals surface area contributed by atoms with Gasteiger partial charge in [0.05, 0.1) is 19.4 Å². The van der Waals surface area contributed by atoms with Gasteiger partial charge in [-0.3, -0.25) is 4.79 Å². The van der Waals surface area contributed by atoms with Crippen LogP contribution in [0.5, 0.6) is 0 Å². The molecule has 2 aliphatic rings. The summed E-state index contributed by atoms with van der Waals surface area (Å²) in [5, 5.41) is 7.28. The lowest BCUT2D eigenvalue weighted by Crippen LogP contribution is -2.55. The molecule has 6 nitrogen and oxygen atoms in total. The molecule has 0 aromatic heterocycles. The maximum absolute atomic E-state index is 12.1. The third-order valence-electron chi connectivity index (χ3n) is 3.75. The lowest BCUT2D eigenvalue weighted by molar-refractivity contribution is -0.126. The minimum Gasteiger partial charge on any atom is -0.378 e. The van der Waals surface area contributed by atoms with Crippen LogP contribution >= 0.6 is 35.6 Å². The van der Waals surface area contributed by atoms with Gasteiger partial charge < -0.3 is 15.4 Å². The predicted molar refractivity (Wildman–Crippen MR) is 91.9 cm³/mol. The Labute approximate surface area is 151 Å². The average Bonchev–Trinajstić information content (AvgIpc) is 2.96. The number of ether oxygens (including phenoxy) is 1. The fourth-order valence-corrected chi connectivity index (χ4v) is 3.19. The number of benzene rings is 1. The van der Waals surface area contributed by atoms with E-state index < -0.39 is 0 Å². The molecule has 0 bridgehead atoms. The molecule has 3 atom stereocenters. The number of hydrazine groups is 1. The van der Waals surface area contributed by atoms with E-state index in [-0.39, 0.29) is 36.6 Å². The predicted octanol–water partition coefficient (Wildman–Crippen LogP) is 1.38. The van der Waals surface area contributed by atoms with Crippen LogP contribution in [0.25, 0.3) is 0 Å². The van der Waals surface area contributed by atoms with Crippen LogP contribution in [-0.2, 0) is 9.53 Å². The van der Waals surface area contributed by atoms with Crippen molar-refractivity contribution in [3.63, 3.8) is 0 Å². The van der Waals surface area contributed by atoms with Crippen molar-refractivity contribution in [3.05, 3.63) is 33.8 Å². The SMILES string of the molecule is Cl.O=C(NC1CC(c2cc(Cl)cc(Cl)c2)NN1)C1COCCN1. The van der Waals surface area contributed by atoms with Crippen LogP contribution in [0, 0.1) is 0 Å². The molecular formula is C14H19Cl3N4O2. The third kappa shape index (κ3) is 4.93. The minimum absolute atomic E-state index is 0.